The van der Waals surface area contributed by atoms with Gasteiger partial charge in [-0.2, -0.15) is 0 Å². The van der Waals surface area contributed by atoms with E-state index >= 15 is 0 Å². The number of halogens is 1. The van der Waals surface area contributed by atoms with E-state index in [4.69, 9.17) is 5.11 Å². The molecule has 1 rings (SSSR count). The molecule has 0 fully saturated rings. The summed E-state index contributed by atoms with van der Waals surface area (Å²) < 4.78 is 0.570. The number of carbonyl (C=O) groups excluding carboxylic acids is 2. The van der Waals surface area contributed by atoms with Gasteiger partial charge in [-0.05, 0) is 34.1 Å². The van der Waals surface area contributed by atoms with E-state index in [2.05, 4.69) is 26.6 Å². The molecule has 0 aliphatic carbocycles. The monoisotopic (exact) mass is 357 g/mol. The Hall–Kier alpha value is -2.09. The summed E-state index contributed by atoms with van der Waals surface area (Å²) in [6, 6.07) is 3.90. The maximum Gasteiger partial charge on any atom is 0.335 e. The van der Waals surface area contributed by atoms with E-state index in [1.165, 1.54) is 24.1 Å². The largest absolute Gasteiger partial charge is 0.478 e. The highest BCUT2D eigenvalue weighted by Gasteiger charge is 2.13. The molecule has 3 amide bonds. The van der Waals surface area contributed by atoms with E-state index in [-0.39, 0.29) is 24.4 Å². The Balaban J connectivity index is 2.71. The molecule has 3 N–H and O–H groups in total. The summed E-state index contributed by atoms with van der Waals surface area (Å²) in [6.07, 6.45) is 0.191. The summed E-state index contributed by atoms with van der Waals surface area (Å²) in [5.41, 5.74) is 0.424. The summed E-state index contributed by atoms with van der Waals surface area (Å²) >= 11 is 3.24. The number of nitrogens with zero attached hydrogens (tertiary/aromatic N) is 1. The second kappa shape index (κ2) is 7.63. The van der Waals surface area contributed by atoms with Gasteiger partial charge in [-0.1, -0.05) is 0 Å². The molecule has 0 radical (unpaired) electrons. The van der Waals surface area contributed by atoms with E-state index in [9.17, 15) is 14.4 Å². The molecule has 1 aromatic rings. The van der Waals surface area contributed by atoms with Gasteiger partial charge in [0, 0.05) is 31.5 Å². The van der Waals surface area contributed by atoms with Gasteiger partial charge < -0.3 is 20.6 Å². The Morgan fingerprint density at radius 2 is 2.00 bits per heavy atom. The van der Waals surface area contributed by atoms with E-state index < -0.39 is 12.0 Å². The van der Waals surface area contributed by atoms with E-state index in [0.717, 1.165) is 0 Å². The van der Waals surface area contributed by atoms with Crippen LogP contribution >= 0.6 is 15.9 Å². The molecule has 0 saturated carbocycles. The Morgan fingerprint density at radius 3 is 2.57 bits per heavy atom. The summed E-state index contributed by atoms with van der Waals surface area (Å²) in [7, 11) is 3.07. The normalized spacial score (nSPS) is 9.86. The maximum absolute atomic E-state index is 12.0. The van der Waals surface area contributed by atoms with Crippen molar-refractivity contribution < 1.29 is 19.5 Å². The molecule has 1 aromatic carbocycles. The Kier molecular flexibility index (Phi) is 6.16. The van der Waals surface area contributed by atoms with Crippen LogP contribution in [0.3, 0.4) is 0 Å². The molecule has 114 valence electrons. The molecule has 0 aliphatic rings. The van der Waals surface area contributed by atoms with E-state index in [1.807, 2.05) is 0 Å². The van der Waals surface area contributed by atoms with Crippen LogP contribution in [-0.4, -0.2) is 48.6 Å². The average molecular weight is 358 g/mol. The molecule has 21 heavy (non-hydrogen) atoms. The van der Waals surface area contributed by atoms with Crippen LogP contribution in [0.15, 0.2) is 22.7 Å². The van der Waals surface area contributed by atoms with Gasteiger partial charge in [0.1, 0.15) is 0 Å². The zero-order valence-electron chi connectivity index (χ0n) is 11.6. The van der Waals surface area contributed by atoms with Crippen molar-refractivity contribution in [3.63, 3.8) is 0 Å². The number of carboxylic acid groups (broad SMARTS) is 1. The van der Waals surface area contributed by atoms with Crippen molar-refractivity contribution in [3.05, 3.63) is 28.2 Å². The fraction of sp³-hybridized carbons (Fsp3) is 0.308. The van der Waals surface area contributed by atoms with Crippen molar-refractivity contribution in [1.29, 1.82) is 0 Å². The standard InChI is InChI=1S/C13H16BrN3O4/c1-15-11(18)5-6-17(2)13(21)16-10-7-8(12(19)20)3-4-9(10)14/h3-4,7H,5-6H2,1-2H3,(H,15,18)(H,16,21)(H,19,20). The number of urea groups is 1. The van der Waals surface area contributed by atoms with Crippen LogP contribution in [0.25, 0.3) is 0 Å². The number of nitrogens with one attached hydrogen (secondary N) is 2. The quantitative estimate of drug-likeness (QED) is 0.747. The number of hydrogen-bond acceptors (Lipinski definition) is 3. The predicted molar refractivity (Wildman–Crippen MR) is 81.4 cm³/mol. The first-order chi connectivity index (χ1) is 9.85. The van der Waals surface area contributed by atoms with Crippen molar-refractivity contribution in [3.8, 4) is 0 Å². The molecule has 0 aliphatic heterocycles. The number of amides is 3. The second-order valence-corrected chi connectivity index (χ2v) is 5.13. The summed E-state index contributed by atoms with van der Waals surface area (Å²) in [5, 5.41) is 14.0. The topological polar surface area (TPSA) is 98.7 Å². The molecular weight excluding hydrogens is 342 g/mol. The lowest BCUT2D eigenvalue weighted by molar-refractivity contribution is -0.120. The van der Waals surface area contributed by atoms with Gasteiger partial charge in [-0.25, -0.2) is 9.59 Å². The number of aromatic carboxylic acids is 1. The highest BCUT2D eigenvalue weighted by Crippen LogP contribution is 2.24. The smallest absolute Gasteiger partial charge is 0.335 e. The van der Waals surface area contributed by atoms with Crippen LogP contribution < -0.4 is 10.6 Å². The molecule has 0 bridgehead atoms. The van der Waals surface area contributed by atoms with Crippen molar-refractivity contribution in [2.45, 2.75) is 6.42 Å². The summed E-state index contributed by atoms with van der Waals surface area (Å²) in [4.78, 5) is 35.3. The number of carboxylic acids is 1. The van der Waals surface area contributed by atoms with Crippen LogP contribution in [0.2, 0.25) is 0 Å². The Bertz CT molecular complexity index is 562. The summed E-state index contributed by atoms with van der Waals surface area (Å²) in [5.74, 6) is -1.24. The lowest BCUT2D eigenvalue weighted by atomic mass is 10.2. The number of rotatable bonds is 5. The lowest BCUT2D eigenvalue weighted by Gasteiger charge is -2.18. The molecule has 0 atom stereocenters. The first-order valence-electron chi connectivity index (χ1n) is 6.10. The lowest BCUT2D eigenvalue weighted by Crippen LogP contribution is -2.34. The Labute approximate surface area is 130 Å². The van der Waals surface area contributed by atoms with Gasteiger partial charge in [-0.15, -0.1) is 0 Å². The molecule has 0 aromatic heterocycles. The van der Waals surface area contributed by atoms with Gasteiger partial charge in [0.15, 0.2) is 0 Å². The van der Waals surface area contributed by atoms with Gasteiger partial charge in [0.25, 0.3) is 0 Å². The molecule has 0 heterocycles. The maximum atomic E-state index is 12.0. The summed E-state index contributed by atoms with van der Waals surface area (Å²) in [6.45, 7) is 0.252. The third kappa shape index (κ3) is 5.07. The molecule has 0 spiro atoms. The fourth-order valence-electron chi connectivity index (χ4n) is 1.46. The van der Waals surface area contributed by atoms with Gasteiger partial charge in [-0.3, -0.25) is 4.79 Å². The van der Waals surface area contributed by atoms with Crippen LogP contribution in [-0.2, 0) is 4.79 Å². The number of benzene rings is 1. The third-order valence-corrected chi connectivity index (χ3v) is 3.45. The third-order valence-electron chi connectivity index (χ3n) is 2.75. The van der Waals surface area contributed by atoms with E-state index in [0.29, 0.717) is 10.2 Å². The van der Waals surface area contributed by atoms with Gasteiger partial charge in [0.05, 0.1) is 11.3 Å². The zero-order valence-corrected chi connectivity index (χ0v) is 13.2. The molecule has 8 heteroatoms. The molecule has 0 saturated heterocycles. The molecule has 0 unspecified atom stereocenters. The van der Waals surface area contributed by atoms with Crippen molar-refractivity contribution in [2.24, 2.45) is 0 Å². The Morgan fingerprint density at radius 1 is 1.33 bits per heavy atom. The molecule has 7 nitrogen and oxygen atoms in total. The number of carbonyl (C=O) groups is 3. The predicted octanol–water partition coefficient (Wildman–Crippen LogP) is 1.75. The van der Waals surface area contributed by atoms with Crippen LogP contribution in [0.4, 0.5) is 10.5 Å². The minimum atomic E-state index is -1.08. The zero-order chi connectivity index (χ0) is 16.0. The first kappa shape index (κ1) is 17.0. The van der Waals surface area contributed by atoms with Crippen molar-refractivity contribution in [2.75, 3.05) is 26.0 Å². The van der Waals surface area contributed by atoms with Gasteiger partial charge in [0.2, 0.25) is 5.91 Å². The first-order valence-corrected chi connectivity index (χ1v) is 6.90. The SMILES string of the molecule is CNC(=O)CCN(C)C(=O)Nc1cc(C(=O)O)ccc1Br. The van der Waals surface area contributed by atoms with E-state index in [1.54, 1.807) is 13.1 Å². The van der Waals surface area contributed by atoms with Crippen molar-refractivity contribution in [1.82, 2.24) is 10.2 Å². The second-order valence-electron chi connectivity index (χ2n) is 4.27. The molecular formula is C13H16BrN3O4. The fourth-order valence-corrected chi connectivity index (χ4v) is 1.81. The average Bonchev–Trinajstić information content (AvgIpc) is 2.46. The number of anilines is 1. The van der Waals surface area contributed by atoms with Crippen LogP contribution in [0.1, 0.15) is 16.8 Å². The van der Waals surface area contributed by atoms with Crippen LogP contribution in [0.5, 0.6) is 0 Å². The highest BCUT2D eigenvalue weighted by atomic mass is 79.9. The minimum absolute atomic E-state index is 0.0708. The van der Waals surface area contributed by atoms with Crippen molar-refractivity contribution >= 4 is 39.5 Å². The van der Waals surface area contributed by atoms with Gasteiger partial charge >= 0.3 is 12.0 Å². The minimum Gasteiger partial charge on any atom is -0.478 e. The van der Waals surface area contributed by atoms with Crippen LogP contribution in [0, 0.1) is 0 Å². The highest BCUT2D eigenvalue weighted by molar-refractivity contribution is 9.10. The number of hydrogen-bond donors (Lipinski definition) is 3.